The predicted octanol–water partition coefficient (Wildman–Crippen LogP) is 4.99. The van der Waals surface area contributed by atoms with Gasteiger partial charge in [0.05, 0.1) is 10.0 Å². The number of benzene rings is 3. The number of hydrogen-bond donors (Lipinski definition) is 1. The predicted molar refractivity (Wildman–Crippen MR) is 88.3 cm³/mol. The van der Waals surface area contributed by atoms with Gasteiger partial charge in [0.25, 0.3) is 0 Å². The summed E-state index contributed by atoms with van der Waals surface area (Å²) in [6, 6.07) is 12.4. The minimum atomic E-state index is -0.0778. The zero-order valence-corrected chi connectivity index (χ0v) is 12.9. The Hall–Kier alpha value is -2.03. The highest BCUT2D eigenvalue weighted by Gasteiger charge is 2.26. The van der Waals surface area contributed by atoms with Crippen LogP contribution in [0.5, 0.6) is 5.75 Å². The first-order valence-electron chi connectivity index (χ1n) is 6.82. The molecule has 0 fully saturated rings. The van der Waals surface area contributed by atoms with E-state index in [1.165, 1.54) is 0 Å². The molecule has 22 heavy (non-hydrogen) atoms. The van der Waals surface area contributed by atoms with E-state index < -0.39 is 0 Å². The fourth-order valence-electron chi connectivity index (χ4n) is 3.05. The largest absolute Gasteiger partial charge is 0.508 e. The van der Waals surface area contributed by atoms with Crippen molar-refractivity contribution in [2.24, 2.45) is 0 Å². The van der Waals surface area contributed by atoms with Gasteiger partial charge < -0.3 is 5.11 Å². The maximum Gasteiger partial charge on any atom is 0.194 e. The zero-order chi connectivity index (χ0) is 15.4. The number of halogens is 2. The molecule has 0 unspecified atom stereocenters. The molecule has 0 aliphatic heterocycles. The summed E-state index contributed by atoms with van der Waals surface area (Å²) < 4.78 is 0. The molecule has 3 aromatic rings. The third-order valence-corrected chi connectivity index (χ3v) is 4.81. The van der Waals surface area contributed by atoms with Crippen LogP contribution >= 0.6 is 23.2 Å². The van der Waals surface area contributed by atoms with Crippen LogP contribution < -0.4 is 0 Å². The van der Waals surface area contributed by atoms with Crippen LogP contribution in [0.3, 0.4) is 0 Å². The second-order valence-corrected chi connectivity index (χ2v) is 6.25. The average molecular weight is 329 g/mol. The maximum absolute atomic E-state index is 12.9. The molecule has 0 bridgehead atoms. The Morgan fingerprint density at radius 2 is 1.64 bits per heavy atom. The summed E-state index contributed by atoms with van der Waals surface area (Å²) >= 11 is 12.1. The number of ketones is 1. The van der Waals surface area contributed by atoms with Gasteiger partial charge in [-0.3, -0.25) is 4.79 Å². The van der Waals surface area contributed by atoms with Gasteiger partial charge >= 0.3 is 0 Å². The lowest BCUT2D eigenvalue weighted by Crippen LogP contribution is -2.15. The van der Waals surface area contributed by atoms with Crippen molar-refractivity contribution in [3.05, 3.63) is 74.8 Å². The van der Waals surface area contributed by atoms with E-state index in [2.05, 4.69) is 0 Å². The van der Waals surface area contributed by atoms with Gasteiger partial charge in [-0.1, -0.05) is 41.4 Å². The molecular formula is C18H10Cl2O2. The van der Waals surface area contributed by atoms with Gasteiger partial charge in [-0.15, -0.1) is 0 Å². The number of hydrogen-bond acceptors (Lipinski definition) is 2. The molecule has 0 atom stereocenters. The lowest BCUT2D eigenvalue weighted by Gasteiger charge is -2.21. The van der Waals surface area contributed by atoms with Gasteiger partial charge in [0.1, 0.15) is 5.75 Å². The Kier molecular flexibility index (Phi) is 2.93. The number of carbonyl (C=O) groups is 1. The smallest absolute Gasteiger partial charge is 0.194 e. The monoisotopic (exact) mass is 328 g/mol. The number of phenolic OH excluding ortho intramolecular Hbond substituents is 1. The third kappa shape index (κ3) is 1.92. The highest BCUT2D eigenvalue weighted by atomic mass is 35.5. The molecule has 0 spiro atoms. The quantitative estimate of drug-likeness (QED) is 0.494. The Morgan fingerprint density at radius 3 is 2.45 bits per heavy atom. The van der Waals surface area contributed by atoms with E-state index in [9.17, 15) is 9.90 Å². The standard InChI is InChI=1S/C18H10Cl2O2/c19-15-6-11-5-10-2-1-9-3-4-12(21)7-13(9)17(10)18(22)14(11)8-16(15)20/h1-4,6-8,21H,5H2. The van der Waals surface area contributed by atoms with Gasteiger partial charge in [0, 0.05) is 11.1 Å². The van der Waals surface area contributed by atoms with Crippen LogP contribution in [0.4, 0.5) is 0 Å². The maximum atomic E-state index is 12.9. The number of rotatable bonds is 0. The summed E-state index contributed by atoms with van der Waals surface area (Å²) in [4.78, 5) is 12.9. The molecule has 0 heterocycles. The van der Waals surface area contributed by atoms with E-state index in [0.717, 1.165) is 21.9 Å². The molecule has 108 valence electrons. The van der Waals surface area contributed by atoms with E-state index in [-0.39, 0.29) is 11.5 Å². The molecule has 0 saturated carbocycles. The molecule has 1 aliphatic carbocycles. The van der Waals surface area contributed by atoms with Crippen LogP contribution in [-0.4, -0.2) is 10.9 Å². The van der Waals surface area contributed by atoms with E-state index >= 15 is 0 Å². The van der Waals surface area contributed by atoms with Crippen molar-refractivity contribution in [1.82, 2.24) is 0 Å². The van der Waals surface area contributed by atoms with Crippen molar-refractivity contribution >= 4 is 39.8 Å². The van der Waals surface area contributed by atoms with E-state index in [1.54, 1.807) is 24.3 Å². The molecular weight excluding hydrogens is 319 g/mol. The highest BCUT2D eigenvalue weighted by molar-refractivity contribution is 6.42. The topological polar surface area (TPSA) is 37.3 Å². The fourth-order valence-corrected chi connectivity index (χ4v) is 3.40. The summed E-state index contributed by atoms with van der Waals surface area (Å²) in [7, 11) is 0. The van der Waals surface area contributed by atoms with Gasteiger partial charge in [0.15, 0.2) is 5.78 Å². The summed E-state index contributed by atoms with van der Waals surface area (Å²) in [6.45, 7) is 0. The molecule has 4 rings (SSSR count). The van der Waals surface area contributed by atoms with Crippen molar-refractivity contribution in [2.75, 3.05) is 0 Å². The minimum Gasteiger partial charge on any atom is -0.508 e. The van der Waals surface area contributed by atoms with E-state index in [1.807, 2.05) is 18.2 Å². The van der Waals surface area contributed by atoms with E-state index in [4.69, 9.17) is 23.2 Å². The summed E-state index contributed by atoms with van der Waals surface area (Å²) in [5.41, 5.74) is 3.04. The van der Waals surface area contributed by atoms with Crippen molar-refractivity contribution < 1.29 is 9.90 Å². The van der Waals surface area contributed by atoms with Crippen LogP contribution in [0.25, 0.3) is 10.8 Å². The molecule has 0 aromatic heterocycles. The van der Waals surface area contributed by atoms with Crippen LogP contribution in [0.15, 0.2) is 42.5 Å². The van der Waals surface area contributed by atoms with Gasteiger partial charge in [-0.05, 0) is 52.6 Å². The third-order valence-electron chi connectivity index (χ3n) is 4.09. The number of phenols is 1. The zero-order valence-electron chi connectivity index (χ0n) is 11.4. The van der Waals surface area contributed by atoms with Gasteiger partial charge in [0.2, 0.25) is 0 Å². The lowest BCUT2D eigenvalue weighted by molar-refractivity contribution is 0.103. The van der Waals surface area contributed by atoms with Crippen molar-refractivity contribution in [3.8, 4) is 5.75 Å². The highest BCUT2D eigenvalue weighted by Crippen LogP contribution is 2.36. The Balaban J connectivity index is 2.03. The van der Waals surface area contributed by atoms with Crippen molar-refractivity contribution in [1.29, 1.82) is 0 Å². The second-order valence-electron chi connectivity index (χ2n) is 5.43. The molecule has 3 aromatic carbocycles. The Labute approximate surface area is 136 Å². The minimum absolute atomic E-state index is 0.0778. The Morgan fingerprint density at radius 1 is 0.909 bits per heavy atom. The first kappa shape index (κ1) is 13.6. The van der Waals surface area contributed by atoms with Crippen LogP contribution in [0.1, 0.15) is 27.0 Å². The number of aromatic hydroxyl groups is 1. The summed E-state index contributed by atoms with van der Waals surface area (Å²) in [6.07, 6.45) is 0.624. The molecule has 2 nitrogen and oxygen atoms in total. The number of fused-ring (bicyclic) bond motifs is 4. The van der Waals surface area contributed by atoms with Crippen molar-refractivity contribution in [3.63, 3.8) is 0 Å². The van der Waals surface area contributed by atoms with E-state index in [0.29, 0.717) is 27.6 Å². The molecule has 4 heteroatoms. The molecule has 0 amide bonds. The fraction of sp³-hybridized carbons (Fsp3) is 0.0556. The first-order valence-corrected chi connectivity index (χ1v) is 7.57. The van der Waals surface area contributed by atoms with Gasteiger partial charge in [-0.25, -0.2) is 0 Å². The summed E-state index contributed by atoms with van der Waals surface area (Å²) in [5, 5.41) is 12.3. The first-order chi connectivity index (χ1) is 10.5. The molecule has 0 saturated heterocycles. The number of carbonyl (C=O) groups excluding carboxylic acids is 1. The van der Waals surface area contributed by atoms with Crippen LogP contribution in [0, 0.1) is 0 Å². The molecule has 1 aliphatic rings. The van der Waals surface area contributed by atoms with Crippen molar-refractivity contribution in [2.45, 2.75) is 6.42 Å². The SMILES string of the molecule is O=C1c2cc(Cl)c(Cl)cc2Cc2ccc3ccc(O)cc3c21. The normalized spacial score (nSPS) is 13.1. The van der Waals surface area contributed by atoms with Gasteiger partial charge in [-0.2, -0.15) is 0 Å². The summed E-state index contributed by atoms with van der Waals surface area (Å²) in [5.74, 6) is 0.0691. The molecule has 0 radical (unpaired) electrons. The average Bonchev–Trinajstić information content (AvgIpc) is 2.49. The van der Waals surface area contributed by atoms with Crippen LogP contribution in [-0.2, 0) is 6.42 Å². The van der Waals surface area contributed by atoms with Crippen LogP contribution in [0.2, 0.25) is 10.0 Å². The molecule has 1 N–H and O–H groups in total. The Bertz CT molecular complexity index is 961. The second kappa shape index (κ2) is 4.73. The lowest BCUT2D eigenvalue weighted by atomic mass is 9.82.